The Hall–Kier alpha value is -3.08. The lowest BCUT2D eigenvalue weighted by Crippen LogP contribution is -2.29. The van der Waals surface area contributed by atoms with Crippen molar-refractivity contribution in [3.8, 4) is 0 Å². The van der Waals surface area contributed by atoms with E-state index in [1.165, 1.54) is 11.1 Å². The van der Waals surface area contributed by atoms with Gasteiger partial charge in [0.15, 0.2) is 0 Å². The molecule has 132 valence electrons. The maximum absolute atomic E-state index is 12.5. The predicted molar refractivity (Wildman–Crippen MR) is 102 cm³/mol. The molecule has 0 bridgehead atoms. The van der Waals surface area contributed by atoms with Crippen molar-refractivity contribution in [1.29, 1.82) is 0 Å². The van der Waals surface area contributed by atoms with Gasteiger partial charge in [-0.15, -0.1) is 0 Å². The summed E-state index contributed by atoms with van der Waals surface area (Å²) in [5.41, 5.74) is 5.10. The quantitative estimate of drug-likeness (QED) is 0.599. The van der Waals surface area contributed by atoms with Crippen LogP contribution in [0.3, 0.4) is 0 Å². The minimum Gasteiger partial charge on any atom is -0.459 e. The lowest BCUT2D eigenvalue weighted by molar-refractivity contribution is -0.122. The summed E-state index contributed by atoms with van der Waals surface area (Å²) >= 11 is 0. The molecule has 1 amide bonds. The summed E-state index contributed by atoms with van der Waals surface area (Å²) in [5, 5.41) is 4.04. The molecule has 26 heavy (non-hydrogen) atoms. The number of hydrogen-bond donors (Lipinski definition) is 1. The number of nitrogens with one attached hydrogen (secondary N) is 1. The van der Waals surface area contributed by atoms with Crippen LogP contribution in [0.5, 0.6) is 0 Å². The van der Waals surface area contributed by atoms with Crippen molar-refractivity contribution in [2.75, 3.05) is 0 Å². The molecule has 0 aliphatic rings. The van der Waals surface area contributed by atoms with Crippen LogP contribution in [0.25, 0.3) is 22.0 Å². The van der Waals surface area contributed by atoms with Crippen LogP contribution in [-0.2, 0) is 11.3 Å². The van der Waals surface area contributed by atoms with E-state index in [4.69, 9.17) is 4.42 Å². The average Bonchev–Trinajstić information content (AvgIpc) is 3.20. The zero-order chi connectivity index (χ0) is 18.3. The van der Waals surface area contributed by atoms with Crippen LogP contribution in [0.4, 0.5) is 0 Å². The second-order valence-electron chi connectivity index (χ2n) is 6.77. The monoisotopic (exact) mass is 347 g/mol. The number of aryl methyl sites for hydroxylation is 2. The Labute approximate surface area is 151 Å². The van der Waals surface area contributed by atoms with Crippen LogP contribution in [-0.4, -0.2) is 15.5 Å². The Balaban J connectivity index is 1.50. The first-order valence-corrected chi connectivity index (χ1v) is 8.71. The molecule has 0 saturated carbocycles. The zero-order valence-corrected chi connectivity index (χ0v) is 15.1. The van der Waals surface area contributed by atoms with E-state index in [1.54, 1.807) is 6.33 Å². The van der Waals surface area contributed by atoms with Gasteiger partial charge in [-0.25, -0.2) is 4.98 Å². The van der Waals surface area contributed by atoms with Crippen molar-refractivity contribution in [2.24, 2.45) is 0 Å². The lowest BCUT2D eigenvalue weighted by atomic mass is 10.1. The Morgan fingerprint density at radius 3 is 2.77 bits per heavy atom. The van der Waals surface area contributed by atoms with Crippen molar-refractivity contribution in [3.63, 3.8) is 0 Å². The molecule has 0 saturated heterocycles. The van der Waals surface area contributed by atoms with E-state index in [0.29, 0.717) is 0 Å². The second-order valence-corrected chi connectivity index (χ2v) is 6.77. The third kappa shape index (κ3) is 2.96. The van der Waals surface area contributed by atoms with Crippen LogP contribution in [0, 0.1) is 13.8 Å². The van der Waals surface area contributed by atoms with E-state index in [1.807, 2.05) is 41.8 Å². The molecule has 1 unspecified atom stereocenters. The molecule has 2 aromatic carbocycles. The van der Waals surface area contributed by atoms with E-state index in [0.717, 1.165) is 27.8 Å². The van der Waals surface area contributed by atoms with E-state index < -0.39 is 0 Å². The van der Waals surface area contributed by atoms with E-state index in [2.05, 4.69) is 36.3 Å². The van der Waals surface area contributed by atoms with Crippen molar-refractivity contribution in [3.05, 3.63) is 65.7 Å². The standard InChI is InChI=1S/C21H21N3O2/c1-13-8-17-18(9-14(13)2)24(12-22-17)11-21(25)23-15(3)20-10-16-6-4-5-7-19(16)26-20/h4-10,12,15H,11H2,1-3H3,(H,23,25). The summed E-state index contributed by atoms with van der Waals surface area (Å²) in [7, 11) is 0. The van der Waals surface area contributed by atoms with Crippen LogP contribution < -0.4 is 5.32 Å². The molecule has 2 aromatic heterocycles. The van der Waals surface area contributed by atoms with Gasteiger partial charge in [0.1, 0.15) is 17.9 Å². The highest BCUT2D eigenvalue weighted by molar-refractivity contribution is 5.82. The molecule has 1 N–H and O–H groups in total. The van der Waals surface area contributed by atoms with Crippen LogP contribution in [0.2, 0.25) is 0 Å². The Bertz CT molecular complexity index is 1070. The van der Waals surface area contributed by atoms with Gasteiger partial charge in [0.25, 0.3) is 0 Å². The molecular weight excluding hydrogens is 326 g/mol. The van der Waals surface area contributed by atoms with Crippen molar-refractivity contribution in [1.82, 2.24) is 14.9 Å². The Kier molecular flexibility index (Phi) is 3.99. The first-order chi connectivity index (χ1) is 12.5. The number of furan rings is 1. The lowest BCUT2D eigenvalue weighted by Gasteiger charge is -2.12. The number of hydrogen-bond acceptors (Lipinski definition) is 3. The molecule has 0 fully saturated rings. The fourth-order valence-electron chi connectivity index (χ4n) is 3.17. The van der Waals surface area contributed by atoms with Gasteiger partial charge < -0.3 is 14.3 Å². The van der Waals surface area contributed by atoms with Crippen molar-refractivity contribution >= 4 is 27.9 Å². The highest BCUT2D eigenvalue weighted by Crippen LogP contribution is 2.23. The van der Waals surface area contributed by atoms with Gasteiger partial charge >= 0.3 is 0 Å². The largest absolute Gasteiger partial charge is 0.459 e. The number of amides is 1. The number of rotatable bonds is 4. The number of carbonyl (C=O) groups excluding carboxylic acids is 1. The first kappa shape index (κ1) is 16.4. The Morgan fingerprint density at radius 1 is 1.19 bits per heavy atom. The maximum atomic E-state index is 12.5. The summed E-state index contributed by atoms with van der Waals surface area (Å²) in [4.78, 5) is 16.9. The first-order valence-electron chi connectivity index (χ1n) is 8.71. The smallest absolute Gasteiger partial charge is 0.240 e. The van der Waals surface area contributed by atoms with Crippen molar-refractivity contribution in [2.45, 2.75) is 33.4 Å². The molecule has 5 nitrogen and oxygen atoms in total. The molecule has 4 aromatic rings. The molecular formula is C21H21N3O2. The molecule has 0 aliphatic heterocycles. The van der Waals surface area contributed by atoms with Gasteiger partial charge in [-0.1, -0.05) is 18.2 Å². The van der Waals surface area contributed by atoms with Crippen LogP contribution in [0.1, 0.15) is 29.9 Å². The van der Waals surface area contributed by atoms with Gasteiger partial charge in [0, 0.05) is 5.39 Å². The fourth-order valence-corrected chi connectivity index (χ4v) is 3.17. The number of nitrogens with zero attached hydrogens (tertiary/aromatic N) is 2. The SMILES string of the molecule is Cc1cc2ncn(CC(=O)NC(C)c3cc4ccccc4o3)c2cc1C. The number of para-hydroxylation sites is 1. The topological polar surface area (TPSA) is 60.1 Å². The van der Waals surface area contributed by atoms with E-state index in [-0.39, 0.29) is 18.5 Å². The normalized spacial score (nSPS) is 12.6. The summed E-state index contributed by atoms with van der Waals surface area (Å²) < 4.78 is 7.71. The number of aromatic nitrogens is 2. The van der Waals surface area contributed by atoms with Crippen LogP contribution in [0.15, 0.2) is 53.2 Å². The summed E-state index contributed by atoms with van der Waals surface area (Å²) in [6, 6.07) is 13.7. The zero-order valence-electron chi connectivity index (χ0n) is 15.1. The average molecular weight is 347 g/mol. The highest BCUT2D eigenvalue weighted by atomic mass is 16.3. The molecule has 0 spiro atoms. The number of imidazole rings is 1. The third-order valence-corrected chi connectivity index (χ3v) is 4.80. The Morgan fingerprint density at radius 2 is 1.96 bits per heavy atom. The van der Waals surface area contributed by atoms with Gasteiger partial charge in [-0.3, -0.25) is 4.79 Å². The predicted octanol–water partition coefficient (Wildman–Crippen LogP) is 4.28. The van der Waals surface area contributed by atoms with E-state index >= 15 is 0 Å². The second kappa shape index (κ2) is 6.33. The van der Waals surface area contributed by atoms with Gasteiger partial charge in [0.05, 0.1) is 23.4 Å². The molecule has 4 rings (SSSR count). The van der Waals surface area contributed by atoms with Gasteiger partial charge in [-0.05, 0) is 56.2 Å². The molecule has 1 atom stereocenters. The highest BCUT2D eigenvalue weighted by Gasteiger charge is 2.15. The molecule has 0 radical (unpaired) electrons. The summed E-state index contributed by atoms with van der Waals surface area (Å²) in [6.07, 6.45) is 1.72. The summed E-state index contributed by atoms with van der Waals surface area (Å²) in [5.74, 6) is 0.678. The number of carbonyl (C=O) groups is 1. The number of fused-ring (bicyclic) bond motifs is 2. The minimum atomic E-state index is -0.200. The van der Waals surface area contributed by atoms with Gasteiger partial charge in [-0.2, -0.15) is 0 Å². The van der Waals surface area contributed by atoms with Crippen LogP contribution >= 0.6 is 0 Å². The van der Waals surface area contributed by atoms with Crippen molar-refractivity contribution < 1.29 is 9.21 Å². The molecule has 2 heterocycles. The molecule has 5 heteroatoms. The summed E-state index contributed by atoms with van der Waals surface area (Å²) in [6.45, 7) is 6.28. The van der Waals surface area contributed by atoms with E-state index in [9.17, 15) is 4.79 Å². The minimum absolute atomic E-state index is 0.0736. The molecule has 0 aliphatic carbocycles. The maximum Gasteiger partial charge on any atom is 0.240 e. The number of benzene rings is 2. The van der Waals surface area contributed by atoms with Gasteiger partial charge in [0.2, 0.25) is 5.91 Å². The fraction of sp³-hybridized carbons (Fsp3) is 0.238. The third-order valence-electron chi connectivity index (χ3n) is 4.80.